The molecule has 0 spiro atoms. The summed E-state index contributed by atoms with van der Waals surface area (Å²) in [5.74, 6) is -1.69. The van der Waals surface area contributed by atoms with Crippen LogP contribution in [-0.4, -0.2) is 37.0 Å². The summed E-state index contributed by atoms with van der Waals surface area (Å²) in [5.41, 5.74) is 5.97. The number of anilines is 1. The van der Waals surface area contributed by atoms with Crippen molar-refractivity contribution in [1.29, 1.82) is 0 Å². The van der Waals surface area contributed by atoms with Crippen LogP contribution in [0, 0.1) is 0 Å². The Hall–Kier alpha value is -3.20. The van der Waals surface area contributed by atoms with Gasteiger partial charge in [0.1, 0.15) is 4.90 Å². The molecule has 0 saturated heterocycles. The van der Waals surface area contributed by atoms with Crippen molar-refractivity contribution in [2.24, 2.45) is 5.73 Å². The van der Waals surface area contributed by atoms with Gasteiger partial charge in [-0.2, -0.15) is 0 Å². The molecule has 3 N–H and O–H groups in total. The molecule has 1 aliphatic rings. The lowest BCUT2D eigenvalue weighted by Crippen LogP contribution is -2.33. The molecule has 0 atom stereocenters. The van der Waals surface area contributed by atoms with Crippen LogP contribution >= 0.6 is 0 Å². The summed E-state index contributed by atoms with van der Waals surface area (Å²) in [5, 5.41) is 2.57. The average molecular weight is 373 g/mol. The number of benzene rings is 2. The van der Waals surface area contributed by atoms with Crippen molar-refractivity contribution in [2.75, 3.05) is 11.9 Å². The molecule has 1 heterocycles. The molecule has 26 heavy (non-hydrogen) atoms. The first-order chi connectivity index (χ1) is 12.3. The maximum absolute atomic E-state index is 12.4. The summed E-state index contributed by atoms with van der Waals surface area (Å²) < 4.78 is 25.5. The quantitative estimate of drug-likeness (QED) is 0.807. The van der Waals surface area contributed by atoms with Crippen LogP contribution in [0.2, 0.25) is 0 Å². The van der Waals surface area contributed by atoms with E-state index in [1.54, 1.807) is 6.07 Å². The minimum absolute atomic E-state index is 0.0487. The van der Waals surface area contributed by atoms with E-state index in [2.05, 4.69) is 5.32 Å². The summed E-state index contributed by atoms with van der Waals surface area (Å²) in [6.45, 7) is -0.263. The fourth-order valence-corrected chi connectivity index (χ4v) is 4.17. The monoisotopic (exact) mass is 373 g/mol. The number of sulfonamides is 1. The number of rotatable bonds is 5. The van der Waals surface area contributed by atoms with E-state index in [-0.39, 0.29) is 23.4 Å². The van der Waals surface area contributed by atoms with Gasteiger partial charge in [0, 0.05) is 24.2 Å². The smallest absolute Gasteiger partial charge is 0.269 e. The van der Waals surface area contributed by atoms with Crippen molar-refractivity contribution in [2.45, 2.75) is 11.3 Å². The van der Waals surface area contributed by atoms with Gasteiger partial charge in [-0.05, 0) is 36.4 Å². The Bertz CT molecular complexity index is 999. The van der Waals surface area contributed by atoms with Gasteiger partial charge < -0.3 is 11.1 Å². The number of amides is 3. The topological polar surface area (TPSA) is 127 Å². The highest BCUT2D eigenvalue weighted by molar-refractivity contribution is 7.90. The number of carbonyl (C=O) groups is 3. The number of nitrogens with zero attached hydrogens (tertiary/aromatic N) is 1. The lowest BCUT2D eigenvalue weighted by atomic mass is 10.2. The number of hydrogen-bond acceptors (Lipinski definition) is 5. The first kappa shape index (κ1) is 17.6. The zero-order valence-corrected chi connectivity index (χ0v) is 14.3. The molecular weight excluding hydrogens is 358 g/mol. The molecule has 0 aliphatic carbocycles. The van der Waals surface area contributed by atoms with Crippen LogP contribution in [0.4, 0.5) is 5.69 Å². The molecule has 0 fully saturated rings. The van der Waals surface area contributed by atoms with Crippen LogP contribution in [-0.2, 0) is 14.8 Å². The van der Waals surface area contributed by atoms with E-state index >= 15 is 0 Å². The maximum atomic E-state index is 12.4. The molecule has 134 valence electrons. The lowest BCUT2D eigenvalue weighted by molar-refractivity contribution is -0.116. The Morgan fingerprint density at radius 2 is 1.69 bits per heavy atom. The molecule has 1 aliphatic heterocycles. The summed E-state index contributed by atoms with van der Waals surface area (Å²) in [4.78, 5) is 35.3. The number of hydrogen-bond donors (Lipinski definition) is 2. The van der Waals surface area contributed by atoms with E-state index < -0.39 is 27.7 Å². The predicted octanol–water partition coefficient (Wildman–Crippen LogP) is 0.959. The molecule has 0 aromatic heterocycles. The highest BCUT2D eigenvalue weighted by atomic mass is 32.2. The lowest BCUT2D eigenvalue weighted by Gasteiger charge is -2.14. The summed E-state index contributed by atoms with van der Waals surface area (Å²) in [6.07, 6.45) is -0.198. The van der Waals surface area contributed by atoms with Crippen molar-refractivity contribution in [3.8, 4) is 0 Å². The number of nitrogens with one attached hydrogen (secondary N) is 1. The largest absolute Gasteiger partial charge is 0.366 e. The second-order valence-corrected chi connectivity index (χ2v) is 7.45. The SMILES string of the molecule is NC(=O)c1ccc(NC(=O)CCN2C(=O)c3ccccc3S2(=O)=O)cc1. The molecule has 0 radical (unpaired) electrons. The van der Waals surface area contributed by atoms with Gasteiger partial charge in [0.2, 0.25) is 11.8 Å². The number of carbonyl (C=O) groups excluding carboxylic acids is 3. The molecule has 9 heteroatoms. The number of primary amides is 1. The van der Waals surface area contributed by atoms with Crippen LogP contribution in [0.1, 0.15) is 27.1 Å². The van der Waals surface area contributed by atoms with Gasteiger partial charge in [0.25, 0.3) is 15.9 Å². The minimum atomic E-state index is -3.93. The normalized spacial score (nSPS) is 14.8. The van der Waals surface area contributed by atoms with Gasteiger partial charge in [-0.1, -0.05) is 12.1 Å². The van der Waals surface area contributed by atoms with Crippen molar-refractivity contribution in [3.05, 3.63) is 59.7 Å². The van der Waals surface area contributed by atoms with Gasteiger partial charge >= 0.3 is 0 Å². The Labute approximate surface area is 149 Å². The van der Waals surface area contributed by atoms with Crippen LogP contribution in [0.25, 0.3) is 0 Å². The van der Waals surface area contributed by atoms with E-state index in [4.69, 9.17) is 5.73 Å². The number of fused-ring (bicyclic) bond motifs is 1. The Kier molecular flexibility index (Phi) is 4.47. The first-order valence-electron chi connectivity index (χ1n) is 7.66. The second-order valence-electron chi connectivity index (χ2n) is 5.62. The van der Waals surface area contributed by atoms with Crippen molar-refractivity contribution in [1.82, 2.24) is 4.31 Å². The van der Waals surface area contributed by atoms with E-state index in [0.29, 0.717) is 15.6 Å². The fraction of sp³-hybridized carbons (Fsp3) is 0.118. The standard InChI is InChI=1S/C17H15N3O5S/c18-16(22)11-5-7-12(8-6-11)19-15(21)9-10-20-17(23)13-3-1-2-4-14(13)26(20,24)25/h1-8H,9-10H2,(H2,18,22)(H,19,21). The van der Waals surface area contributed by atoms with Crippen molar-refractivity contribution >= 4 is 33.4 Å². The highest BCUT2D eigenvalue weighted by Gasteiger charge is 2.40. The summed E-state index contributed by atoms with van der Waals surface area (Å²) in [7, 11) is -3.93. The molecule has 3 amide bonds. The van der Waals surface area contributed by atoms with Crippen LogP contribution in [0.15, 0.2) is 53.4 Å². The zero-order chi connectivity index (χ0) is 18.9. The van der Waals surface area contributed by atoms with Crippen LogP contribution in [0.5, 0.6) is 0 Å². The highest BCUT2D eigenvalue weighted by Crippen LogP contribution is 2.29. The molecule has 2 aromatic carbocycles. The van der Waals surface area contributed by atoms with Crippen molar-refractivity contribution in [3.63, 3.8) is 0 Å². The third-order valence-electron chi connectivity index (χ3n) is 3.91. The zero-order valence-electron chi connectivity index (χ0n) is 13.5. The van der Waals surface area contributed by atoms with Gasteiger partial charge in [0.05, 0.1) is 5.56 Å². The molecule has 0 unspecified atom stereocenters. The fourth-order valence-electron chi connectivity index (χ4n) is 2.60. The Morgan fingerprint density at radius 1 is 1.04 bits per heavy atom. The van der Waals surface area contributed by atoms with Gasteiger partial charge in [-0.15, -0.1) is 0 Å². The van der Waals surface area contributed by atoms with Gasteiger partial charge in [-0.25, -0.2) is 12.7 Å². The predicted molar refractivity (Wildman–Crippen MR) is 92.9 cm³/mol. The van der Waals surface area contributed by atoms with E-state index in [9.17, 15) is 22.8 Å². The third kappa shape index (κ3) is 3.16. The molecular formula is C17H15N3O5S. The van der Waals surface area contributed by atoms with Gasteiger partial charge in [-0.3, -0.25) is 14.4 Å². The molecule has 8 nitrogen and oxygen atoms in total. The van der Waals surface area contributed by atoms with Gasteiger partial charge in [0.15, 0.2) is 0 Å². The summed E-state index contributed by atoms with van der Waals surface area (Å²) >= 11 is 0. The molecule has 2 aromatic rings. The average Bonchev–Trinajstić information content (AvgIpc) is 2.80. The van der Waals surface area contributed by atoms with E-state index in [1.165, 1.54) is 42.5 Å². The van der Waals surface area contributed by atoms with E-state index in [1.807, 2.05) is 0 Å². The van der Waals surface area contributed by atoms with E-state index in [0.717, 1.165) is 0 Å². The van der Waals surface area contributed by atoms with Crippen molar-refractivity contribution < 1.29 is 22.8 Å². The Morgan fingerprint density at radius 3 is 2.31 bits per heavy atom. The third-order valence-corrected chi connectivity index (χ3v) is 5.75. The second kappa shape index (κ2) is 6.60. The molecule has 3 rings (SSSR count). The summed E-state index contributed by atoms with van der Waals surface area (Å²) in [6, 6.07) is 11.9. The molecule has 0 bridgehead atoms. The van der Waals surface area contributed by atoms with Crippen LogP contribution in [0.3, 0.4) is 0 Å². The number of nitrogens with two attached hydrogens (primary N) is 1. The minimum Gasteiger partial charge on any atom is -0.366 e. The maximum Gasteiger partial charge on any atom is 0.269 e. The first-order valence-corrected chi connectivity index (χ1v) is 9.10. The Balaban J connectivity index is 1.65. The molecule has 0 saturated carbocycles. The van der Waals surface area contributed by atoms with Crippen LogP contribution < -0.4 is 11.1 Å².